The molecular weight excluding hydrogens is 290 g/mol. The Balaban J connectivity index is 2.52. The molecule has 1 N–H and O–H groups in total. The molecule has 1 saturated carbocycles. The van der Waals surface area contributed by atoms with Crippen molar-refractivity contribution in [3.63, 3.8) is 0 Å². The van der Waals surface area contributed by atoms with Gasteiger partial charge < -0.3 is 14.7 Å². The first kappa shape index (κ1) is 16.4. The third kappa shape index (κ3) is 4.48. The molecule has 0 aromatic rings. The van der Waals surface area contributed by atoms with Crippen molar-refractivity contribution >= 4 is 35.0 Å². The van der Waals surface area contributed by atoms with E-state index in [1.54, 1.807) is 0 Å². The highest BCUT2D eigenvalue weighted by atomic mass is 35.5. The molecule has 8 heteroatoms. The Hall–Kier alpha value is -1.63. The van der Waals surface area contributed by atoms with Crippen LogP contribution in [0.25, 0.3) is 0 Å². The second-order valence-corrected chi connectivity index (χ2v) is 4.67. The Bertz CT molecular complexity index is 414. The lowest BCUT2D eigenvalue weighted by Crippen LogP contribution is -2.28. The van der Waals surface area contributed by atoms with Crippen molar-refractivity contribution in [1.29, 1.82) is 0 Å². The molecular formula is C12H16ClNO6. The molecule has 0 atom stereocenters. The number of carboxylic acids is 1. The number of hydrogen-bond acceptors (Lipinski definition) is 6. The summed E-state index contributed by atoms with van der Waals surface area (Å²) in [5.74, 6) is -3.16. The summed E-state index contributed by atoms with van der Waals surface area (Å²) in [5, 5.41) is 12.2. The molecule has 0 spiro atoms. The maximum absolute atomic E-state index is 11.3. The predicted octanol–water partition coefficient (Wildman–Crippen LogP) is 0.983. The monoisotopic (exact) mass is 305 g/mol. The molecule has 0 bridgehead atoms. The topological polar surface area (TPSA) is 102 Å². The van der Waals surface area contributed by atoms with E-state index in [1.807, 2.05) is 0 Å². The summed E-state index contributed by atoms with van der Waals surface area (Å²) in [4.78, 5) is 38.4. The van der Waals surface area contributed by atoms with Crippen LogP contribution in [0.4, 0.5) is 0 Å². The van der Waals surface area contributed by atoms with Crippen molar-refractivity contribution < 1.29 is 29.1 Å². The lowest BCUT2D eigenvalue weighted by molar-refractivity contribution is -0.147. The van der Waals surface area contributed by atoms with Gasteiger partial charge in [-0.25, -0.2) is 4.79 Å². The molecule has 1 aliphatic carbocycles. The van der Waals surface area contributed by atoms with Crippen LogP contribution in [-0.4, -0.2) is 47.6 Å². The molecule has 112 valence electrons. The summed E-state index contributed by atoms with van der Waals surface area (Å²) in [6, 6.07) is 0. The van der Waals surface area contributed by atoms with Crippen LogP contribution in [-0.2, 0) is 24.0 Å². The van der Waals surface area contributed by atoms with Crippen molar-refractivity contribution in [2.45, 2.75) is 31.8 Å². The summed E-state index contributed by atoms with van der Waals surface area (Å²) in [6.07, 6.45) is 1.95. The van der Waals surface area contributed by atoms with E-state index in [0.29, 0.717) is 25.7 Å². The molecule has 1 fully saturated rings. The molecule has 0 radical (unpaired) electrons. The molecule has 0 aromatic heterocycles. The van der Waals surface area contributed by atoms with Crippen molar-refractivity contribution in [2.75, 3.05) is 13.0 Å². The van der Waals surface area contributed by atoms with Crippen LogP contribution in [0.3, 0.4) is 0 Å². The summed E-state index contributed by atoms with van der Waals surface area (Å²) in [5.41, 5.74) is -0.713. The van der Waals surface area contributed by atoms with Gasteiger partial charge in [0, 0.05) is 0 Å². The standard InChI is InChI=1S/C12H16ClNO6/c1-19-12(18)7-2-4-8(5-3-7)20-14-10(11(16)17)9(15)6-13/h7-8H,2-6H2,1H3,(H,16,17). The molecule has 0 saturated heterocycles. The second kappa shape index (κ2) is 7.84. The Morgan fingerprint density at radius 3 is 2.30 bits per heavy atom. The van der Waals surface area contributed by atoms with E-state index >= 15 is 0 Å². The van der Waals surface area contributed by atoms with Gasteiger partial charge in [-0.3, -0.25) is 9.59 Å². The molecule has 7 nitrogen and oxygen atoms in total. The maximum Gasteiger partial charge on any atom is 0.361 e. The molecule has 0 amide bonds. The summed E-state index contributed by atoms with van der Waals surface area (Å²) in [7, 11) is 1.34. The minimum Gasteiger partial charge on any atom is -0.476 e. The number of ketones is 1. The van der Waals surface area contributed by atoms with Gasteiger partial charge in [-0.2, -0.15) is 0 Å². The number of carboxylic acid groups (broad SMARTS) is 1. The minimum atomic E-state index is -1.47. The van der Waals surface area contributed by atoms with E-state index in [4.69, 9.17) is 21.5 Å². The van der Waals surface area contributed by atoms with Gasteiger partial charge in [0.15, 0.2) is 0 Å². The van der Waals surface area contributed by atoms with E-state index in [9.17, 15) is 14.4 Å². The predicted molar refractivity (Wildman–Crippen MR) is 69.6 cm³/mol. The smallest absolute Gasteiger partial charge is 0.361 e. The minimum absolute atomic E-state index is 0.160. The number of hydrogen-bond donors (Lipinski definition) is 1. The summed E-state index contributed by atoms with van der Waals surface area (Å²) < 4.78 is 4.66. The third-order valence-electron chi connectivity index (χ3n) is 3.09. The SMILES string of the molecule is COC(=O)C1CCC(ON=C(C(=O)O)C(=O)CCl)CC1. The first-order valence-electron chi connectivity index (χ1n) is 6.13. The zero-order valence-electron chi connectivity index (χ0n) is 11.0. The Morgan fingerprint density at radius 1 is 1.25 bits per heavy atom. The number of esters is 1. The number of carbonyl (C=O) groups is 3. The fraction of sp³-hybridized carbons (Fsp3) is 0.667. The first-order valence-corrected chi connectivity index (χ1v) is 6.67. The number of Topliss-reactive ketones (excluding diaryl/α,β-unsaturated/α-hetero) is 1. The van der Waals surface area contributed by atoms with Crippen molar-refractivity contribution in [3.05, 3.63) is 0 Å². The van der Waals surface area contributed by atoms with E-state index in [-0.39, 0.29) is 18.0 Å². The van der Waals surface area contributed by atoms with Gasteiger partial charge in [0.2, 0.25) is 11.5 Å². The van der Waals surface area contributed by atoms with Gasteiger partial charge in [-0.05, 0) is 25.7 Å². The summed E-state index contributed by atoms with van der Waals surface area (Å²) in [6.45, 7) is 0. The third-order valence-corrected chi connectivity index (χ3v) is 3.33. The zero-order chi connectivity index (χ0) is 15.1. The van der Waals surface area contributed by atoms with Crippen LogP contribution >= 0.6 is 11.6 Å². The number of alkyl halides is 1. The normalized spacial score (nSPS) is 23.0. The van der Waals surface area contributed by atoms with E-state index < -0.39 is 23.3 Å². The average Bonchev–Trinajstić information content (AvgIpc) is 2.46. The fourth-order valence-electron chi connectivity index (χ4n) is 1.97. The number of methoxy groups -OCH3 is 1. The number of aliphatic carboxylic acids is 1. The molecule has 1 aliphatic rings. The summed E-state index contributed by atoms with van der Waals surface area (Å²) >= 11 is 5.28. The highest BCUT2D eigenvalue weighted by molar-refractivity contribution is 6.67. The van der Waals surface area contributed by atoms with Crippen molar-refractivity contribution in [2.24, 2.45) is 11.1 Å². The molecule has 1 rings (SSSR count). The van der Waals surface area contributed by atoms with Gasteiger partial charge in [-0.15, -0.1) is 11.6 Å². The zero-order valence-corrected chi connectivity index (χ0v) is 11.8. The number of rotatable bonds is 6. The van der Waals surface area contributed by atoms with Crippen molar-refractivity contribution in [1.82, 2.24) is 0 Å². The van der Waals surface area contributed by atoms with Gasteiger partial charge >= 0.3 is 11.9 Å². The highest BCUT2D eigenvalue weighted by Gasteiger charge is 2.28. The number of ether oxygens (including phenoxy) is 1. The lowest BCUT2D eigenvalue weighted by atomic mass is 9.87. The van der Waals surface area contributed by atoms with Crippen LogP contribution in [0.1, 0.15) is 25.7 Å². The molecule has 20 heavy (non-hydrogen) atoms. The second-order valence-electron chi connectivity index (χ2n) is 4.40. The Kier molecular flexibility index (Phi) is 6.44. The Labute approximate surface area is 120 Å². The number of oxime groups is 1. The van der Waals surface area contributed by atoms with Gasteiger partial charge in [0.1, 0.15) is 6.10 Å². The van der Waals surface area contributed by atoms with Crippen LogP contribution in [0.5, 0.6) is 0 Å². The van der Waals surface area contributed by atoms with Gasteiger partial charge in [-0.1, -0.05) is 5.16 Å². The van der Waals surface area contributed by atoms with E-state index in [1.165, 1.54) is 7.11 Å². The molecule has 0 aliphatic heterocycles. The van der Waals surface area contributed by atoms with Gasteiger partial charge in [0.25, 0.3) is 0 Å². The molecule has 0 aromatic carbocycles. The lowest BCUT2D eigenvalue weighted by Gasteiger charge is -2.25. The van der Waals surface area contributed by atoms with Crippen LogP contribution < -0.4 is 0 Å². The van der Waals surface area contributed by atoms with E-state index in [0.717, 1.165) is 0 Å². The van der Waals surface area contributed by atoms with Crippen LogP contribution in [0.2, 0.25) is 0 Å². The maximum atomic E-state index is 11.3. The highest BCUT2D eigenvalue weighted by Crippen LogP contribution is 2.27. The quantitative estimate of drug-likeness (QED) is 0.258. The van der Waals surface area contributed by atoms with Crippen LogP contribution in [0.15, 0.2) is 5.16 Å². The number of halogens is 1. The number of carbonyl (C=O) groups excluding carboxylic acids is 2. The van der Waals surface area contributed by atoms with Gasteiger partial charge in [0.05, 0.1) is 18.9 Å². The molecule has 0 heterocycles. The molecule has 0 unspecified atom stereocenters. The van der Waals surface area contributed by atoms with Crippen LogP contribution in [0, 0.1) is 5.92 Å². The van der Waals surface area contributed by atoms with E-state index in [2.05, 4.69) is 9.89 Å². The number of nitrogens with zero attached hydrogens (tertiary/aromatic N) is 1. The largest absolute Gasteiger partial charge is 0.476 e. The Morgan fingerprint density at radius 2 is 1.85 bits per heavy atom. The van der Waals surface area contributed by atoms with Crippen molar-refractivity contribution in [3.8, 4) is 0 Å². The first-order chi connectivity index (χ1) is 9.49. The fourth-order valence-corrected chi connectivity index (χ4v) is 2.10. The average molecular weight is 306 g/mol.